The Kier molecular flexibility index (Phi) is 6.84. The molecule has 104 valence electrons. The van der Waals surface area contributed by atoms with Crippen LogP contribution in [0.15, 0.2) is 18.2 Å². The quantitative estimate of drug-likeness (QED) is 0.765. The summed E-state index contributed by atoms with van der Waals surface area (Å²) in [4.78, 5) is 0. The van der Waals surface area contributed by atoms with Crippen LogP contribution in [0, 0.1) is 11.8 Å². The predicted octanol–water partition coefficient (Wildman–Crippen LogP) is 3.16. The van der Waals surface area contributed by atoms with Gasteiger partial charge in [0.1, 0.15) is 0 Å². The molecule has 1 atom stereocenters. The molecule has 0 spiro atoms. The average molecular weight is 261 g/mol. The molecular formula is C16H23NO2. The van der Waals surface area contributed by atoms with Crippen LogP contribution >= 0.6 is 0 Å². The molecule has 0 heterocycles. The summed E-state index contributed by atoms with van der Waals surface area (Å²) < 4.78 is 10.6. The minimum atomic E-state index is 0.297. The molecule has 1 rings (SSSR count). The smallest absolute Gasteiger partial charge is 0.161 e. The number of nitrogens with one attached hydrogen (secondary N) is 1. The highest BCUT2D eigenvalue weighted by Crippen LogP contribution is 2.31. The molecule has 0 aliphatic carbocycles. The van der Waals surface area contributed by atoms with E-state index in [1.165, 1.54) is 5.56 Å². The summed E-state index contributed by atoms with van der Waals surface area (Å²) in [5.41, 5.74) is 1.21. The van der Waals surface area contributed by atoms with Gasteiger partial charge in [0.05, 0.1) is 14.2 Å². The van der Waals surface area contributed by atoms with E-state index in [-0.39, 0.29) is 0 Å². The summed E-state index contributed by atoms with van der Waals surface area (Å²) in [6, 6.07) is 6.36. The van der Waals surface area contributed by atoms with Crippen molar-refractivity contribution in [1.29, 1.82) is 0 Å². The van der Waals surface area contributed by atoms with Gasteiger partial charge in [0.15, 0.2) is 11.5 Å². The van der Waals surface area contributed by atoms with Gasteiger partial charge in [-0.2, -0.15) is 0 Å². The molecule has 19 heavy (non-hydrogen) atoms. The van der Waals surface area contributed by atoms with Gasteiger partial charge in [-0.15, -0.1) is 11.8 Å². The highest BCUT2D eigenvalue weighted by atomic mass is 16.5. The molecule has 0 bridgehead atoms. The molecule has 0 aliphatic heterocycles. The van der Waals surface area contributed by atoms with Gasteiger partial charge in [-0.25, -0.2) is 0 Å². The van der Waals surface area contributed by atoms with Gasteiger partial charge >= 0.3 is 0 Å². The summed E-state index contributed by atoms with van der Waals surface area (Å²) >= 11 is 0. The Bertz CT molecular complexity index is 446. The zero-order chi connectivity index (χ0) is 14.1. The molecule has 0 aromatic heterocycles. The van der Waals surface area contributed by atoms with E-state index in [9.17, 15) is 0 Å². The van der Waals surface area contributed by atoms with Gasteiger partial charge in [0.25, 0.3) is 0 Å². The van der Waals surface area contributed by atoms with E-state index in [0.717, 1.165) is 30.9 Å². The van der Waals surface area contributed by atoms with Crippen molar-refractivity contribution in [2.24, 2.45) is 0 Å². The topological polar surface area (TPSA) is 30.5 Å². The second kappa shape index (κ2) is 8.44. The van der Waals surface area contributed by atoms with Crippen LogP contribution in [-0.4, -0.2) is 20.8 Å². The number of benzene rings is 1. The molecule has 0 saturated heterocycles. The normalized spacial score (nSPS) is 11.4. The summed E-state index contributed by atoms with van der Waals surface area (Å²) in [5, 5.41) is 3.48. The number of hydrogen-bond donors (Lipinski definition) is 1. The Morgan fingerprint density at radius 1 is 1.21 bits per heavy atom. The Labute approximate surface area is 116 Å². The molecule has 1 aromatic rings. The first kappa shape index (κ1) is 15.4. The van der Waals surface area contributed by atoms with Crippen LogP contribution in [0.5, 0.6) is 11.5 Å². The van der Waals surface area contributed by atoms with Crippen molar-refractivity contribution in [3.8, 4) is 23.3 Å². The molecule has 3 nitrogen and oxygen atoms in total. The molecule has 0 fully saturated rings. The van der Waals surface area contributed by atoms with Gasteiger partial charge in [-0.05, 0) is 37.6 Å². The summed E-state index contributed by atoms with van der Waals surface area (Å²) in [5.74, 6) is 7.57. The van der Waals surface area contributed by atoms with Crippen LogP contribution in [0.4, 0.5) is 0 Å². The van der Waals surface area contributed by atoms with E-state index in [1.54, 1.807) is 14.2 Å². The summed E-state index contributed by atoms with van der Waals surface area (Å²) in [6.07, 6.45) is 1.88. The van der Waals surface area contributed by atoms with Crippen molar-refractivity contribution in [3.05, 3.63) is 23.8 Å². The zero-order valence-corrected chi connectivity index (χ0v) is 12.2. The molecule has 1 aromatic carbocycles. The fourth-order valence-corrected chi connectivity index (χ4v) is 2.04. The third-order valence-electron chi connectivity index (χ3n) is 3.00. The fourth-order valence-electron chi connectivity index (χ4n) is 2.04. The lowest BCUT2D eigenvalue weighted by Crippen LogP contribution is -2.20. The molecule has 3 heteroatoms. The minimum absolute atomic E-state index is 0.297. The van der Waals surface area contributed by atoms with E-state index in [0.29, 0.717) is 6.04 Å². The second-order valence-electron chi connectivity index (χ2n) is 4.19. The molecule has 0 amide bonds. The number of rotatable bonds is 7. The zero-order valence-electron chi connectivity index (χ0n) is 12.2. The van der Waals surface area contributed by atoms with Gasteiger partial charge in [-0.3, -0.25) is 0 Å². The maximum atomic E-state index is 5.35. The van der Waals surface area contributed by atoms with Gasteiger partial charge in [0, 0.05) is 12.5 Å². The van der Waals surface area contributed by atoms with Crippen molar-refractivity contribution in [2.45, 2.75) is 32.7 Å². The van der Waals surface area contributed by atoms with E-state index in [2.05, 4.69) is 30.1 Å². The lowest BCUT2D eigenvalue weighted by molar-refractivity contribution is 0.353. The Morgan fingerprint density at radius 2 is 1.95 bits per heavy atom. The summed E-state index contributed by atoms with van der Waals surface area (Å²) in [7, 11) is 3.31. The molecular weight excluding hydrogens is 238 g/mol. The molecule has 1 unspecified atom stereocenters. The van der Waals surface area contributed by atoms with Gasteiger partial charge in [-0.1, -0.05) is 13.0 Å². The molecule has 0 aliphatic rings. The van der Waals surface area contributed by atoms with Crippen LogP contribution in [0.3, 0.4) is 0 Å². The number of ether oxygens (including phenoxy) is 2. The van der Waals surface area contributed by atoms with E-state index < -0.39 is 0 Å². The molecule has 0 saturated carbocycles. The van der Waals surface area contributed by atoms with E-state index in [1.807, 2.05) is 19.1 Å². The first-order valence-electron chi connectivity index (χ1n) is 6.61. The third-order valence-corrected chi connectivity index (χ3v) is 3.00. The van der Waals surface area contributed by atoms with Crippen LogP contribution in [0.1, 0.15) is 38.3 Å². The van der Waals surface area contributed by atoms with Crippen molar-refractivity contribution >= 4 is 0 Å². The van der Waals surface area contributed by atoms with Gasteiger partial charge in [0.2, 0.25) is 0 Å². The minimum Gasteiger partial charge on any atom is -0.493 e. The standard InChI is InChI=1S/C16H23NO2/c1-5-7-8-9-14(17-6-2)13-10-11-15(18-3)16(12-13)19-4/h10-12,14,17H,6,8-9H2,1-4H3. The van der Waals surface area contributed by atoms with Gasteiger partial charge < -0.3 is 14.8 Å². The van der Waals surface area contributed by atoms with Crippen LogP contribution < -0.4 is 14.8 Å². The van der Waals surface area contributed by atoms with Crippen LogP contribution in [0.25, 0.3) is 0 Å². The Balaban J connectivity index is 2.90. The largest absolute Gasteiger partial charge is 0.493 e. The highest BCUT2D eigenvalue weighted by molar-refractivity contribution is 5.43. The van der Waals surface area contributed by atoms with Crippen molar-refractivity contribution in [2.75, 3.05) is 20.8 Å². The lowest BCUT2D eigenvalue weighted by Gasteiger charge is -2.19. The first-order chi connectivity index (χ1) is 9.26. The van der Waals surface area contributed by atoms with Crippen LogP contribution in [-0.2, 0) is 0 Å². The first-order valence-corrected chi connectivity index (χ1v) is 6.61. The van der Waals surface area contributed by atoms with Crippen molar-refractivity contribution in [3.63, 3.8) is 0 Å². The highest BCUT2D eigenvalue weighted by Gasteiger charge is 2.12. The maximum Gasteiger partial charge on any atom is 0.161 e. The number of methoxy groups -OCH3 is 2. The Morgan fingerprint density at radius 3 is 2.53 bits per heavy atom. The summed E-state index contributed by atoms with van der Waals surface area (Å²) in [6.45, 7) is 4.91. The van der Waals surface area contributed by atoms with E-state index >= 15 is 0 Å². The van der Waals surface area contributed by atoms with Crippen molar-refractivity contribution < 1.29 is 9.47 Å². The van der Waals surface area contributed by atoms with Crippen molar-refractivity contribution in [1.82, 2.24) is 5.32 Å². The lowest BCUT2D eigenvalue weighted by atomic mass is 10.0. The third kappa shape index (κ3) is 4.50. The number of hydrogen-bond acceptors (Lipinski definition) is 3. The van der Waals surface area contributed by atoms with Crippen LogP contribution in [0.2, 0.25) is 0 Å². The molecule has 0 radical (unpaired) electrons. The van der Waals surface area contributed by atoms with E-state index in [4.69, 9.17) is 9.47 Å². The second-order valence-corrected chi connectivity index (χ2v) is 4.19. The Hall–Kier alpha value is -1.66. The molecule has 1 N–H and O–H groups in total. The monoisotopic (exact) mass is 261 g/mol. The fraction of sp³-hybridized carbons (Fsp3) is 0.500. The predicted molar refractivity (Wildman–Crippen MR) is 78.6 cm³/mol. The maximum absolute atomic E-state index is 5.35. The SMILES string of the molecule is CC#CCCC(NCC)c1ccc(OC)c(OC)c1. The average Bonchev–Trinajstić information content (AvgIpc) is 2.45.